The Kier molecular flexibility index (Phi) is 5.55. The van der Waals surface area contributed by atoms with Crippen LogP contribution in [0.5, 0.6) is 0 Å². The predicted molar refractivity (Wildman–Crippen MR) is 118 cm³/mol. The second kappa shape index (κ2) is 8.29. The van der Waals surface area contributed by atoms with Crippen LogP contribution in [0.15, 0.2) is 30.3 Å². The van der Waals surface area contributed by atoms with E-state index in [0.717, 1.165) is 51.0 Å². The molecule has 0 radical (unpaired) electrons. The van der Waals surface area contributed by atoms with E-state index in [1.54, 1.807) is 0 Å². The van der Waals surface area contributed by atoms with Gasteiger partial charge in [-0.1, -0.05) is 18.2 Å². The molecule has 4 saturated carbocycles. The van der Waals surface area contributed by atoms with Crippen LogP contribution in [-0.2, 0) is 4.79 Å². The Hall–Kier alpha value is -1.55. The Labute approximate surface area is 176 Å². The molecule has 1 atom stereocenters. The maximum atomic E-state index is 13.1. The highest BCUT2D eigenvalue weighted by molar-refractivity contribution is 5.80. The smallest absolute Gasteiger partial charge is 0.223 e. The molecule has 1 aromatic rings. The number of hydrogen-bond donors (Lipinski definition) is 1. The van der Waals surface area contributed by atoms with Crippen molar-refractivity contribution in [1.82, 2.24) is 10.2 Å². The number of para-hydroxylation sites is 1. The first kappa shape index (κ1) is 19.4. The number of carbonyl (C=O) groups is 1. The van der Waals surface area contributed by atoms with Gasteiger partial charge in [0.05, 0.1) is 0 Å². The van der Waals surface area contributed by atoms with Gasteiger partial charge in [0.25, 0.3) is 0 Å². The molecule has 4 aliphatic carbocycles. The lowest BCUT2D eigenvalue weighted by Gasteiger charge is -2.53. The SMILES string of the molecule is CC(CCN1CCN(c2ccccc2)CC1)NC(=O)C1C2CC3CC(C2)CC1C3. The van der Waals surface area contributed by atoms with Gasteiger partial charge >= 0.3 is 0 Å². The highest BCUT2D eigenvalue weighted by Crippen LogP contribution is 2.56. The maximum absolute atomic E-state index is 13.1. The summed E-state index contributed by atoms with van der Waals surface area (Å²) in [6.45, 7) is 7.72. The molecule has 1 N–H and O–H groups in total. The van der Waals surface area contributed by atoms with E-state index in [1.807, 2.05) is 0 Å². The van der Waals surface area contributed by atoms with Crippen LogP contribution >= 0.6 is 0 Å². The van der Waals surface area contributed by atoms with Crippen LogP contribution in [0.4, 0.5) is 5.69 Å². The normalized spacial score (nSPS) is 34.9. The molecule has 0 spiro atoms. The number of rotatable bonds is 6. The minimum absolute atomic E-state index is 0.284. The van der Waals surface area contributed by atoms with Crippen molar-refractivity contribution in [2.45, 2.75) is 51.5 Å². The standard InChI is InChI=1S/C25H37N3O/c1-18(7-8-27-9-11-28(12-10-27)23-5-3-2-4-6-23)26-25(29)24-21-14-19-13-20(16-21)17-22(24)15-19/h2-6,18-22,24H,7-17H2,1H3,(H,26,29). The summed E-state index contributed by atoms with van der Waals surface area (Å²) < 4.78 is 0. The van der Waals surface area contributed by atoms with Crippen molar-refractivity contribution in [1.29, 1.82) is 0 Å². The van der Waals surface area contributed by atoms with E-state index in [0.29, 0.717) is 23.7 Å². The lowest BCUT2D eigenvalue weighted by Crippen LogP contribution is -2.52. The minimum atomic E-state index is 0.284. The van der Waals surface area contributed by atoms with E-state index in [2.05, 4.69) is 52.4 Å². The molecule has 29 heavy (non-hydrogen) atoms. The first-order chi connectivity index (χ1) is 14.2. The zero-order valence-electron chi connectivity index (χ0n) is 17.9. The predicted octanol–water partition coefficient (Wildman–Crippen LogP) is 3.78. The van der Waals surface area contributed by atoms with Crippen molar-refractivity contribution < 1.29 is 4.79 Å². The van der Waals surface area contributed by atoms with E-state index in [9.17, 15) is 4.79 Å². The summed E-state index contributed by atoms with van der Waals surface area (Å²) >= 11 is 0. The summed E-state index contributed by atoms with van der Waals surface area (Å²) in [7, 11) is 0. The largest absolute Gasteiger partial charge is 0.369 e. The summed E-state index contributed by atoms with van der Waals surface area (Å²) in [5.74, 6) is 3.94. The highest BCUT2D eigenvalue weighted by Gasteiger charge is 2.50. The van der Waals surface area contributed by atoms with Crippen LogP contribution in [0.1, 0.15) is 45.4 Å². The van der Waals surface area contributed by atoms with Crippen LogP contribution in [0.2, 0.25) is 0 Å². The Morgan fingerprint density at radius 1 is 0.966 bits per heavy atom. The molecule has 6 rings (SSSR count). The van der Waals surface area contributed by atoms with Crippen LogP contribution in [0.25, 0.3) is 0 Å². The van der Waals surface area contributed by atoms with E-state index in [4.69, 9.17) is 0 Å². The second-order valence-corrected chi connectivity index (χ2v) is 10.3. The van der Waals surface area contributed by atoms with Gasteiger partial charge < -0.3 is 10.2 Å². The number of benzene rings is 1. The molecule has 1 aliphatic heterocycles. The molecule has 0 aromatic heterocycles. The number of carbonyl (C=O) groups excluding carboxylic acids is 1. The third-order valence-corrected chi connectivity index (χ3v) is 8.29. The van der Waals surface area contributed by atoms with Crippen LogP contribution in [-0.4, -0.2) is 49.6 Å². The number of hydrogen-bond acceptors (Lipinski definition) is 3. The number of anilines is 1. The Bertz CT molecular complexity index is 669. The van der Waals surface area contributed by atoms with Crippen molar-refractivity contribution in [3.63, 3.8) is 0 Å². The zero-order chi connectivity index (χ0) is 19.8. The molecule has 1 aromatic carbocycles. The van der Waals surface area contributed by atoms with Gasteiger partial charge in [0.2, 0.25) is 5.91 Å². The van der Waals surface area contributed by atoms with E-state index in [1.165, 1.54) is 37.8 Å². The molecular formula is C25H37N3O. The summed E-state index contributed by atoms with van der Waals surface area (Å²) in [5, 5.41) is 3.41. The van der Waals surface area contributed by atoms with Gasteiger partial charge in [-0.05, 0) is 81.3 Å². The van der Waals surface area contributed by atoms with Crippen LogP contribution < -0.4 is 10.2 Å². The lowest BCUT2D eigenvalue weighted by molar-refractivity contribution is -0.138. The average molecular weight is 396 g/mol. The molecule has 158 valence electrons. The first-order valence-electron chi connectivity index (χ1n) is 12.0. The lowest BCUT2D eigenvalue weighted by atomic mass is 9.51. The minimum Gasteiger partial charge on any atom is -0.369 e. The molecule has 4 bridgehead atoms. The average Bonchev–Trinajstić information content (AvgIpc) is 2.72. The summed E-state index contributed by atoms with van der Waals surface area (Å²) in [4.78, 5) is 18.1. The molecule has 1 heterocycles. The third kappa shape index (κ3) is 4.19. The Balaban J connectivity index is 1.06. The summed E-state index contributed by atoms with van der Waals surface area (Å²) in [6.07, 6.45) is 7.81. The number of amides is 1. The van der Waals surface area contributed by atoms with Crippen LogP contribution in [0, 0.1) is 29.6 Å². The van der Waals surface area contributed by atoms with E-state index in [-0.39, 0.29) is 6.04 Å². The molecule has 1 amide bonds. The highest BCUT2D eigenvalue weighted by atomic mass is 16.2. The molecule has 4 heteroatoms. The maximum Gasteiger partial charge on any atom is 0.223 e. The van der Waals surface area contributed by atoms with Crippen molar-refractivity contribution in [2.75, 3.05) is 37.6 Å². The fourth-order valence-electron chi connectivity index (χ4n) is 7.01. The first-order valence-corrected chi connectivity index (χ1v) is 12.0. The summed E-state index contributed by atoms with van der Waals surface area (Å²) in [5.41, 5.74) is 1.34. The molecular weight excluding hydrogens is 358 g/mol. The number of piperazine rings is 1. The molecule has 5 aliphatic rings. The van der Waals surface area contributed by atoms with Gasteiger partial charge in [0, 0.05) is 50.4 Å². The topological polar surface area (TPSA) is 35.6 Å². The quantitative estimate of drug-likeness (QED) is 0.796. The molecule has 1 saturated heterocycles. The summed E-state index contributed by atoms with van der Waals surface area (Å²) in [6, 6.07) is 11.0. The molecule has 5 fully saturated rings. The monoisotopic (exact) mass is 395 g/mol. The molecule has 1 unspecified atom stereocenters. The number of nitrogens with zero attached hydrogens (tertiary/aromatic N) is 2. The van der Waals surface area contributed by atoms with Gasteiger partial charge in [-0.3, -0.25) is 9.69 Å². The van der Waals surface area contributed by atoms with Gasteiger partial charge in [-0.25, -0.2) is 0 Å². The van der Waals surface area contributed by atoms with Crippen molar-refractivity contribution >= 4 is 11.6 Å². The van der Waals surface area contributed by atoms with Crippen molar-refractivity contribution in [2.24, 2.45) is 29.6 Å². The fourth-order valence-corrected chi connectivity index (χ4v) is 7.01. The van der Waals surface area contributed by atoms with Crippen molar-refractivity contribution in [3.05, 3.63) is 30.3 Å². The van der Waals surface area contributed by atoms with Crippen LogP contribution in [0.3, 0.4) is 0 Å². The van der Waals surface area contributed by atoms with Gasteiger partial charge in [-0.15, -0.1) is 0 Å². The number of nitrogens with one attached hydrogen (secondary N) is 1. The third-order valence-electron chi connectivity index (χ3n) is 8.29. The second-order valence-electron chi connectivity index (χ2n) is 10.3. The fraction of sp³-hybridized carbons (Fsp3) is 0.720. The van der Waals surface area contributed by atoms with Crippen molar-refractivity contribution in [3.8, 4) is 0 Å². The van der Waals surface area contributed by atoms with E-state index >= 15 is 0 Å². The van der Waals surface area contributed by atoms with Gasteiger partial charge in [0.1, 0.15) is 0 Å². The molecule has 4 nitrogen and oxygen atoms in total. The Morgan fingerprint density at radius 2 is 1.59 bits per heavy atom. The van der Waals surface area contributed by atoms with Gasteiger partial charge in [-0.2, -0.15) is 0 Å². The Morgan fingerprint density at radius 3 is 2.21 bits per heavy atom. The van der Waals surface area contributed by atoms with E-state index < -0.39 is 0 Å². The van der Waals surface area contributed by atoms with Gasteiger partial charge in [0.15, 0.2) is 0 Å². The zero-order valence-corrected chi connectivity index (χ0v) is 17.9.